The maximum atomic E-state index is 13.5. The van der Waals surface area contributed by atoms with E-state index in [1.54, 1.807) is 6.20 Å². The summed E-state index contributed by atoms with van der Waals surface area (Å²) in [6.07, 6.45) is 13.3. The zero-order chi connectivity index (χ0) is 22.0. The lowest BCUT2D eigenvalue weighted by Crippen LogP contribution is -2.50. The number of nitrogens with zero attached hydrogens (tertiary/aromatic N) is 2. The van der Waals surface area contributed by atoms with Crippen LogP contribution in [0.1, 0.15) is 71.4 Å². The Balaban J connectivity index is 1.43. The van der Waals surface area contributed by atoms with Crippen LogP contribution in [0.5, 0.6) is 0 Å². The van der Waals surface area contributed by atoms with E-state index in [9.17, 15) is 9.59 Å². The number of hydrogen-bond acceptors (Lipinski definition) is 4. The van der Waals surface area contributed by atoms with Gasteiger partial charge in [-0.25, -0.2) is 0 Å². The molecule has 31 heavy (non-hydrogen) atoms. The lowest BCUT2D eigenvalue weighted by atomic mass is 9.48. The molecule has 5 heteroatoms. The molecule has 0 N–H and O–H groups in total. The molecule has 4 aliphatic carbocycles. The largest absolute Gasteiger partial charge is 0.462 e. The molecule has 1 aromatic rings. The number of fused-ring (bicyclic) bond motifs is 5. The van der Waals surface area contributed by atoms with Crippen LogP contribution in [0.25, 0.3) is 6.08 Å². The second-order valence-corrected chi connectivity index (χ2v) is 10.8. The van der Waals surface area contributed by atoms with Gasteiger partial charge in [-0.15, -0.1) is 0 Å². The summed E-state index contributed by atoms with van der Waals surface area (Å²) < 4.78 is 7.39. The van der Waals surface area contributed by atoms with Gasteiger partial charge in [-0.05, 0) is 79.4 Å². The molecule has 1 aromatic heterocycles. The van der Waals surface area contributed by atoms with Gasteiger partial charge >= 0.3 is 5.97 Å². The zero-order valence-corrected chi connectivity index (χ0v) is 19.2. The highest BCUT2D eigenvalue weighted by Gasteiger charge is 2.60. The van der Waals surface area contributed by atoms with Crippen molar-refractivity contribution in [2.24, 2.45) is 35.6 Å². The van der Waals surface area contributed by atoms with Gasteiger partial charge in [0, 0.05) is 32.0 Å². The highest BCUT2D eigenvalue weighted by Crippen LogP contribution is 2.64. The highest BCUT2D eigenvalue weighted by molar-refractivity contribution is 6.05. The molecule has 0 radical (unpaired) electrons. The molecule has 3 fully saturated rings. The Morgan fingerprint density at radius 3 is 2.68 bits per heavy atom. The summed E-state index contributed by atoms with van der Waals surface area (Å²) in [6, 6.07) is 1.98. The van der Waals surface area contributed by atoms with E-state index in [4.69, 9.17) is 4.74 Å². The Kier molecular flexibility index (Phi) is 4.80. The molecule has 0 aliphatic heterocycles. The van der Waals surface area contributed by atoms with Crippen LogP contribution in [0.2, 0.25) is 0 Å². The molecule has 1 heterocycles. The molecular formula is C26H34N2O3. The minimum atomic E-state index is -0.234. The molecule has 3 saturated carbocycles. The Morgan fingerprint density at radius 1 is 1.19 bits per heavy atom. The lowest BCUT2D eigenvalue weighted by Gasteiger charge is -2.56. The SMILES string of the molecule is CC(=O)O[C@@H]1CC[C@@]2(C)C(=CC[C@@H]3[C@H]4C/C(=C\c5ccnn5C)C(=O)[C@]4(C)CC[C@H]32)C1. The van der Waals surface area contributed by atoms with Gasteiger partial charge < -0.3 is 4.74 Å². The van der Waals surface area contributed by atoms with E-state index in [2.05, 4.69) is 31.1 Å². The van der Waals surface area contributed by atoms with E-state index in [0.717, 1.165) is 56.2 Å². The number of ketones is 1. The molecule has 0 aromatic carbocycles. The van der Waals surface area contributed by atoms with Crippen LogP contribution < -0.4 is 0 Å². The minimum Gasteiger partial charge on any atom is -0.462 e. The van der Waals surface area contributed by atoms with Crippen molar-refractivity contribution in [1.82, 2.24) is 9.78 Å². The van der Waals surface area contributed by atoms with Gasteiger partial charge in [0.1, 0.15) is 6.10 Å². The monoisotopic (exact) mass is 422 g/mol. The molecule has 0 amide bonds. The molecule has 0 bridgehead atoms. The van der Waals surface area contributed by atoms with E-state index in [1.165, 1.54) is 12.5 Å². The standard InChI is InChI=1S/C26H34N2O3/c1-16(29)31-20-7-10-25(2)18(15-20)5-6-21-22(25)8-11-26(3)23(21)14-17(24(26)30)13-19-9-12-27-28(19)4/h5,9,12-13,20-23H,6-8,10-11,14-15H2,1-4H3/b17-13+/t20-,21+,22-,23-,25+,26-/m1/s1. The van der Waals surface area contributed by atoms with Crippen molar-refractivity contribution in [1.29, 1.82) is 0 Å². The first-order chi connectivity index (χ1) is 14.7. The van der Waals surface area contributed by atoms with E-state index in [1.807, 2.05) is 17.8 Å². The van der Waals surface area contributed by atoms with Crippen molar-refractivity contribution in [3.63, 3.8) is 0 Å². The molecule has 0 spiro atoms. The number of aryl methyl sites for hydroxylation is 1. The number of carbonyl (C=O) groups excluding carboxylic acids is 2. The first-order valence-corrected chi connectivity index (χ1v) is 11.8. The third kappa shape index (κ3) is 3.15. The Labute approximate surface area is 184 Å². The molecule has 5 rings (SSSR count). The third-order valence-corrected chi connectivity index (χ3v) is 9.21. The molecule has 6 atom stereocenters. The molecular weight excluding hydrogens is 388 g/mol. The number of ether oxygens (including phenoxy) is 1. The first kappa shape index (κ1) is 20.7. The molecule has 4 aliphatic rings. The van der Waals surface area contributed by atoms with Crippen molar-refractivity contribution < 1.29 is 14.3 Å². The maximum absolute atomic E-state index is 13.5. The Bertz CT molecular complexity index is 989. The summed E-state index contributed by atoms with van der Waals surface area (Å²) in [5, 5.41) is 4.26. The van der Waals surface area contributed by atoms with Crippen LogP contribution in [-0.2, 0) is 21.4 Å². The number of Topliss-reactive ketones (excluding diaryl/α,β-unsaturated/α-hetero) is 1. The van der Waals surface area contributed by atoms with E-state index in [-0.39, 0.29) is 22.9 Å². The van der Waals surface area contributed by atoms with Crippen LogP contribution in [0.4, 0.5) is 0 Å². The number of carbonyl (C=O) groups is 2. The Hall–Kier alpha value is -2.17. The summed E-state index contributed by atoms with van der Waals surface area (Å²) in [5.41, 5.74) is 3.42. The first-order valence-electron chi connectivity index (χ1n) is 11.8. The van der Waals surface area contributed by atoms with E-state index < -0.39 is 0 Å². The number of hydrogen-bond donors (Lipinski definition) is 0. The van der Waals surface area contributed by atoms with Gasteiger partial charge in [-0.2, -0.15) is 5.10 Å². The van der Waals surface area contributed by atoms with Gasteiger partial charge in [0.15, 0.2) is 5.78 Å². The molecule has 5 nitrogen and oxygen atoms in total. The summed E-state index contributed by atoms with van der Waals surface area (Å²) in [4.78, 5) is 25.0. The second kappa shape index (κ2) is 7.18. The number of allylic oxidation sites excluding steroid dienone is 2. The predicted molar refractivity (Wildman–Crippen MR) is 119 cm³/mol. The number of esters is 1. The molecule has 0 saturated heterocycles. The van der Waals surface area contributed by atoms with E-state index >= 15 is 0 Å². The smallest absolute Gasteiger partial charge is 0.302 e. The van der Waals surface area contributed by atoms with Crippen molar-refractivity contribution in [2.45, 2.75) is 71.8 Å². The summed E-state index contributed by atoms with van der Waals surface area (Å²) in [5.74, 6) is 1.77. The lowest BCUT2D eigenvalue weighted by molar-refractivity contribution is -0.148. The van der Waals surface area contributed by atoms with Crippen molar-refractivity contribution in [2.75, 3.05) is 0 Å². The Morgan fingerprint density at radius 2 is 1.97 bits per heavy atom. The third-order valence-electron chi connectivity index (χ3n) is 9.21. The fraction of sp³-hybridized carbons (Fsp3) is 0.654. The predicted octanol–water partition coefficient (Wildman–Crippen LogP) is 4.88. The van der Waals surface area contributed by atoms with Gasteiger partial charge in [0.2, 0.25) is 0 Å². The van der Waals surface area contributed by atoms with Crippen molar-refractivity contribution in [3.8, 4) is 0 Å². The quantitative estimate of drug-likeness (QED) is 0.387. The average Bonchev–Trinajstić information content (AvgIpc) is 3.23. The highest BCUT2D eigenvalue weighted by atomic mass is 16.5. The summed E-state index contributed by atoms with van der Waals surface area (Å²) >= 11 is 0. The normalized spacial score (nSPS) is 40.7. The van der Waals surface area contributed by atoms with Crippen LogP contribution >= 0.6 is 0 Å². The summed E-state index contributed by atoms with van der Waals surface area (Å²) in [7, 11) is 1.93. The number of rotatable bonds is 2. The zero-order valence-electron chi connectivity index (χ0n) is 19.2. The van der Waals surface area contributed by atoms with Crippen LogP contribution in [0.3, 0.4) is 0 Å². The maximum Gasteiger partial charge on any atom is 0.302 e. The topological polar surface area (TPSA) is 61.2 Å². The van der Waals surface area contributed by atoms with Crippen molar-refractivity contribution in [3.05, 3.63) is 35.2 Å². The van der Waals surface area contributed by atoms with E-state index in [0.29, 0.717) is 23.5 Å². The minimum absolute atomic E-state index is 0.0312. The second-order valence-electron chi connectivity index (χ2n) is 10.8. The van der Waals surface area contributed by atoms with Crippen LogP contribution in [-0.4, -0.2) is 27.6 Å². The molecule has 0 unspecified atom stereocenters. The van der Waals surface area contributed by atoms with Crippen molar-refractivity contribution >= 4 is 17.8 Å². The van der Waals surface area contributed by atoms with Gasteiger partial charge in [0.05, 0.1) is 5.69 Å². The number of aromatic nitrogens is 2. The fourth-order valence-electron chi connectivity index (χ4n) is 7.47. The van der Waals surface area contributed by atoms with Crippen LogP contribution in [0, 0.1) is 28.6 Å². The fourth-order valence-corrected chi connectivity index (χ4v) is 7.47. The average molecular weight is 423 g/mol. The molecule has 166 valence electrons. The van der Waals surface area contributed by atoms with Crippen LogP contribution in [0.15, 0.2) is 29.5 Å². The van der Waals surface area contributed by atoms with Gasteiger partial charge in [-0.3, -0.25) is 14.3 Å². The summed E-state index contributed by atoms with van der Waals surface area (Å²) in [6.45, 7) is 6.17. The van der Waals surface area contributed by atoms with Gasteiger partial charge in [-0.1, -0.05) is 25.5 Å². The van der Waals surface area contributed by atoms with Gasteiger partial charge in [0.25, 0.3) is 0 Å².